The van der Waals surface area contributed by atoms with Crippen molar-refractivity contribution in [2.45, 2.75) is 38.5 Å². The molecule has 2 aromatic heterocycles. The molecule has 0 unspecified atom stereocenters. The highest BCUT2D eigenvalue weighted by atomic mass is 15.0. The van der Waals surface area contributed by atoms with Crippen LogP contribution in [-0.2, 0) is 10.8 Å². The molecule has 13 aromatic carbocycles. The number of benzene rings is 13. The Hall–Kier alpha value is -10.5. The predicted octanol–water partition coefficient (Wildman–Crippen LogP) is 22.5. The fraction of sp³-hybridized carbons (Fsp3) is 0.0714. The third-order valence-corrected chi connectivity index (χ3v) is 19.3. The second-order valence-electron chi connectivity index (χ2n) is 24.9. The molecule has 2 aliphatic carbocycles. The van der Waals surface area contributed by atoms with Crippen LogP contribution in [0.25, 0.3) is 145 Å². The minimum Gasteiger partial charge on any atom is -0.309 e. The molecule has 0 atom stereocenters. The largest absolute Gasteiger partial charge is 0.309 e. The quantitative estimate of drug-likeness (QED) is 0.134. The first-order chi connectivity index (χ1) is 42.1. The van der Waals surface area contributed by atoms with E-state index in [2.05, 4.69) is 328 Å². The molecule has 0 aliphatic heterocycles. The Morgan fingerprint density at radius 3 is 1.10 bits per heavy atom. The van der Waals surface area contributed by atoms with E-state index in [9.17, 15) is 0 Å². The Bertz CT molecular complexity index is 5310. The minimum atomic E-state index is -0.180. The highest BCUT2D eigenvalue weighted by Crippen LogP contribution is 2.54. The summed E-state index contributed by atoms with van der Waals surface area (Å²) in [7, 11) is 0. The Kier molecular flexibility index (Phi) is 11.0. The summed E-state index contributed by atoms with van der Waals surface area (Å²) in [6.45, 7) is 9.61. The van der Waals surface area contributed by atoms with Gasteiger partial charge in [0.25, 0.3) is 0 Å². The van der Waals surface area contributed by atoms with E-state index in [0.717, 1.165) is 0 Å². The molecule has 0 radical (unpaired) electrons. The summed E-state index contributed by atoms with van der Waals surface area (Å²) in [5.74, 6) is 0. The lowest BCUT2D eigenvalue weighted by atomic mass is 9.79. The van der Waals surface area contributed by atoms with Gasteiger partial charge in [0.1, 0.15) is 0 Å². The molecule has 0 saturated carbocycles. The summed E-state index contributed by atoms with van der Waals surface area (Å²) in [6, 6.07) is 104. The zero-order valence-electron chi connectivity index (χ0n) is 48.6. The van der Waals surface area contributed by atoms with Crippen molar-refractivity contribution in [2.75, 3.05) is 0 Å². The van der Waals surface area contributed by atoms with Crippen molar-refractivity contribution in [3.8, 4) is 78.1 Å². The van der Waals surface area contributed by atoms with Crippen LogP contribution in [0.4, 0.5) is 0 Å². The first-order valence-electron chi connectivity index (χ1n) is 30.2. The number of para-hydroxylation sites is 3. The van der Waals surface area contributed by atoms with Gasteiger partial charge in [0.05, 0.1) is 27.8 Å². The lowest BCUT2D eigenvalue weighted by Gasteiger charge is -2.24. The lowest BCUT2D eigenvalue weighted by molar-refractivity contribution is 0.660. The smallest absolute Gasteiger partial charge is 0.0541 e. The zero-order valence-corrected chi connectivity index (χ0v) is 48.6. The predicted molar refractivity (Wildman–Crippen MR) is 365 cm³/mol. The molecule has 2 heterocycles. The van der Waals surface area contributed by atoms with Crippen molar-refractivity contribution < 1.29 is 0 Å². The number of aromatic nitrogens is 2. The van der Waals surface area contributed by atoms with Gasteiger partial charge in [-0.05, 0) is 184 Å². The van der Waals surface area contributed by atoms with Crippen molar-refractivity contribution in [1.29, 1.82) is 0 Å². The van der Waals surface area contributed by atoms with Crippen LogP contribution in [-0.4, -0.2) is 9.13 Å². The normalized spacial score (nSPS) is 13.7. The standard InChI is InChI=1S/C84H60N2/c1-83(2)74-49-60(56-33-29-54(30-34-56)26-25-53-27-31-55(32-28-53)58-39-45-81-72(47-58)70-20-10-12-22-79(70)85(81)64-17-6-5-7-18-64)35-41-66(74)68-43-37-62(51-76(68)83)63-38-44-69-67-42-36-61(50-75(67)84(3,4)77(69)52-63)59-40-46-82-73(48-59)71-21-11-13-23-80(71)86(82)78-24-14-16-57-15-8-9-19-65(57)78/h5-52H,1-4H3. The van der Waals surface area contributed by atoms with Crippen molar-refractivity contribution in [2.24, 2.45) is 0 Å². The molecule has 15 aromatic rings. The van der Waals surface area contributed by atoms with Gasteiger partial charge in [0.15, 0.2) is 0 Å². The Labute approximate surface area is 501 Å². The van der Waals surface area contributed by atoms with Gasteiger partial charge in [0.2, 0.25) is 0 Å². The van der Waals surface area contributed by atoms with Gasteiger partial charge in [-0.15, -0.1) is 0 Å². The van der Waals surface area contributed by atoms with Crippen LogP contribution in [0.3, 0.4) is 0 Å². The number of nitrogens with zero attached hydrogens (tertiary/aromatic N) is 2. The molecule has 0 saturated heterocycles. The van der Waals surface area contributed by atoms with Crippen LogP contribution >= 0.6 is 0 Å². The fourth-order valence-electron chi connectivity index (χ4n) is 14.8. The first-order valence-corrected chi connectivity index (χ1v) is 30.2. The van der Waals surface area contributed by atoms with E-state index in [0.29, 0.717) is 0 Å². The van der Waals surface area contributed by atoms with Crippen LogP contribution in [0.15, 0.2) is 279 Å². The van der Waals surface area contributed by atoms with E-state index in [1.165, 1.54) is 166 Å². The maximum atomic E-state index is 2.47. The molecule has 0 spiro atoms. The number of fused-ring (bicyclic) bond motifs is 13. The van der Waals surface area contributed by atoms with Crippen molar-refractivity contribution in [1.82, 2.24) is 9.13 Å². The van der Waals surface area contributed by atoms with Gasteiger partial charge >= 0.3 is 0 Å². The average molecular weight is 1100 g/mol. The summed E-state index contributed by atoms with van der Waals surface area (Å²) in [6.07, 6.45) is 4.43. The third kappa shape index (κ3) is 7.72. The summed E-state index contributed by atoms with van der Waals surface area (Å²) < 4.78 is 4.82. The van der Waals surface area contributed by atoms with Crippen molar-refractivity contribution in [3.63, 3.8) is 0 Å². The van der Waals surface area contributed by atoms with Gasteiger partial charge in [-0.2, -0.15) is 0 Å². The Balaban J connectivity index is 0.606. The van der Waals surface area contributed by atoms with E-state index in [1.807, 2.05) is 0 Å². The summed E-state index contributed by atoms with van der Waals surface area (Å²) in [4.78, 5) is 0. The zero-order chi connectivity index (χ0) is 57.4. The van der Waals surface area contributed by atoms with Crippen LogP contribution in [0.2, 0.25) is 0 Å². The maximum Gasteiger partial charge on any atom is 0.0541 e. The molecule has 2 heteroatoms. The van der Waals surface area contributed by atoms with E-state index in [-0.39, 0.29) is 10.8 Å². The number of hydrogen-bond acceptors (Lipinski definition) is 0. The third-order valence-electron chi connectivity index (χ3n) is 19.3. The van der Waals surface area contributed by atoms with Crippen molar-refractivity contribution >= 4 is 66.5 Å². The molecule has 2 aliphatic rings. The molecule has 2 nitrogen and oxygen atoms in total. The molecule has 406 valence electrons. The second-order valence-corrected chi connectivity index (χ2v) is 24.9. The lowest BCUT2D eigenvalue weighted by Crippen LogP contribution is -2.15. The molecule has 86 heavy (non-hydrogen) atoms. The molecular weight excluding hydrogens is 1040 g/mol. The van der Waals surface area contributed by atoms with E-state index < -0.39 is 0 Å². The van der Waals surface area contributed by atoms with E-state index in [4.69, 9.17) is 0 Å². The van der Waals surface area contributed by atoms with E-state index in [1.54, 1.807) is 0 Å². The summed E-state index contributed by atoms with van der Waals surface area (Å²) in [5, 5.41) is 7.56. The Morgan fingerprint density at radius 2 is 0.605 bits per heavy atom. The topological polar surface area (TPSA) is 9.86 Å². The summed E-state index contributed by atoms with van der Waals surface area (Å²) in [5.41, 5.74) is 30.0. The fourth-order valence-corrected chi connectivity index (χ4v) is 14.8. The van der Waals surface area contributed by atoms with Crippen LogP contribution in [0, 0.1) is 0 Å². The number of rotatable bonds is 8. The molecular formula is C84H60N2. The van der Waals surface area contributed by atoms with Crippen LogP contribution < -0.4 is 0 Å². The molecule has 17 rings (SSSR count). The molecule has 0 fully saturated rings. The van der Waals surface area contributed by atoms with Gasteiger partial charge < -0.3 is 9.13 Å². The summed E-state index contributed by atoms with van der Waals surface area (Å²) >= 11 is 0. The van der Waals surface area contributed by atoms with Gasteiger partial charge in [-0.3, -0.25) is 0 Å². The van der Waals surface area contributed by atoms with E-state index >= 15 is 0 Å². The highest BCUT2D eigenvalue weighted by molar-refractivity contribution is 6.13. The number of hydrogen-bond donors (Lipinski definition) is 0. The molecule has 0 N–H and O–H groups in total. The van der Waals surface area contributed by atoms with Crippen molar-refractivity contribution in [3.05, 3.63) is 312 Å². The maximum absolute atomic E-state index is 2.47. The average Bonchev–Trinajstić information content (AvgIpc) is 2.19. The molecule has 0 amide bonds. The van der Waals surface area contributed by atoms with Crippen LogP contribution in [0.1, 0.15) is 61.1 Å². The Morgan fingerprint density at radius 1 is 0.256 bits per heavy atom. The minimum absolute atomic E-state index is 0.166. The van der Waals surface area contributed by atoms with Crippen LogP contribution in [0.5, 0.6) is 0 Å². The second kappa shape index (κ2) is 19.0. The monoisotopic (exact) mass is 1100 g/mol. The van der Waals surface area contributed by atoms with Gasteiger partial charge in [-0.25, -0.2) is 0 Å². The van der Waals surface area contributed by atoms with Gasteiger partial charge in [-0.1, -0.05) is 240 Å². The molecule has 0 bridgehead atoms. The highest BCUT2D eigenvalue weighted by Gasteiger charge is 2.38. The first kappa shape index (κ1) is 50.0. The SMILES string of the molecule is CC1(C)c2cc(-c3ccc(C=Cc4ccc(-c5ccc6c(c5)c5ccccc5n6-c5ccccc5)cc4)cc3)ccc2-c2ccc(-c3ccc4c(c3)C(C)(C)c3cc(-c5ccc6c(c5)c5ccccc5n6-c5cccc6ccccc56)ccc3-4)cc21. The van der Waals surface area contributed by atoms with Gasteiger partial charge in [0, 0.05) is 43.4 Å².